The number of fused-ring (bicyclic) bond motifs is 5. The van der Waals surface area contributed by atoms with Gasteiger partial charge in [0, 0.05) is 31.7 Å². The first-order valence-electron chi connectivity index (χ1n) is 7.98. The fourth-order valence-electron chi connectivity index (χ4n) is 2.87. The lowest BCUT2D eigenvalue weighted by atomic mass is 10.1. The molecule has 0 aliphatic rings. The summed E-state index contributed by atoms with van der Waals surface area (Å²) in [6.07, 6.45) is 0. The Balaban J connectivity index is 1.94. The molecule has 2 aromatic heterocycles. The van der Waals surface area contributed by atoms with Crippen LogP contribution >= 0.6 is 15.9 Å². The summed E-state index contributed by atoms with van der Waals surface area (Å²) in [6.45, 7) is 0.194. The Kier molecular flexibility index (Phi) is 4.77. The van der Waals surface area contributed by atoms with Gasteiger partial charge in [-0.1, -0.05) is 0 Å². The summed E-state index contributed by atoms with van der Waals surface area (Å²) in [7, 11) is 3.07. The maximum absolute atomic E-state index is 12.6. The number of furan rings is 1. The highest BCUT2D eigenvalue weighted by atomic mass is 79.9. The Morgan fingerprint density at radius 3 is 2.44 bits per heavy atom. The van der Waals surface area contributed by atoms with Gasteiger partial charge in [-0.3, -0.25) is 0 Å². The molecule has 27 heavy (non-hydrogen) atoms. The summed E-state index contributed by atoms with van der Waals surface area (Å²) in [5.74, 6) is 1.08. The zero-order valence-corrected chi connectivity index (χ0v) is 16.1. The van der Waals surface area contributed by atoms with Gasteiger partial charge in [0.05, 0.1) is 9.86 Å². The highest BCUT2D eigenvalue weighted by Crippen LogP contribution is 2.37. The van der Waals surface area contributed by atoms with E-state index in [0.29, 0.717) is 48.9 Å². The molecule has 0 bridgehead atoms. The second-order valence-corrected chi connectivity index (χ2v) is 6.59. The minimum atomic E-state index is -0.484. The van der Waals surface area contributed by atoms with Gasteiger partial charge in [-0.15, -0.1) is 0 Å². The van der Waals surface area contributed by atoms with Crippen LogP contribution in [0.25, 0.3) is 32.9 Å². The van der Waals surface area contributed by atoms with Crippen LogP contribution in [0.15, 0.2) is 48.4 Å². The van der Waals surface area contributed by atoms with Crippen molar-refractivity contribution in [3.8, 4) is 11.5 Å². The summed E-state index contributed by atoms with van der Waals surface area (Å²) in [4.78, 5) is 12.6. The Morgan fingerprint density at radius 2 is 1.67 bits per heavy atom. The second-order valence-electron chi connectivity index (χ2n) is 5.73. The van der Waals surface area contributed by atoms with Gasteiger partial charge in [0.2, 0.25) is 0 Å². The molecule has 0 amide bonds. The minimum Gasteiger partial charge on any atom is -0.467 e. The van der Waals surface area contributed by atoms with E-state index in [-0.39, 0.29) is 13.6 Å². The number of methoxy groups -OCH3 is 2. The van der Waals surface area contributed by atoms with E-state index in [1.165, 1.54) is 7.11 Å². The third-order valence-electron chi connectivity index (χ3n) is 4.02. The second kappa shape index (κ2) is 7.22. The van der Waals surface area contributed by atoms with Gasteiger partial charge in [0.15, 0.2) is 19.2 Å². The minimum absolute atomic E-state index is 0.0749. The molecule has 0 aliphatic carbocycles. The SMILES string of the molecule is COCOc1ccc2c(c1)oc1c3cc(Br)c(OCOC)cc3oc(=O)c21. The number of hydrogen-bond donors (Lipinski definition) is 0. The van der Waals surface area contributed by atoms with Crippen LogP contribution in [0.2, 0.25) is 0 Å². The monoisotopic (exact) mass is 434 g/mol. The van der Waals surface area contributed by atoms with Crippen LogP contribution in [-0.4, -0.2) is 27.8 Å². The van der Waals surface area contributed by atoms with Crippen molar-refractivity contribution in [3.63, 3.8) is 0 Å². The largest absolute Gasteiger partial charge is 0.467 e. The van der Waals surface area contributed by atoms with Crippen molar-refractivity contribution < 1.29 is 27.8 Å². The number of ether oxygens (including phenoxy) is 4. The summed E-state index contributed by atoms with van der Waals surface area (Å²) in [6, 6.07) is 8.64. The summed E-state index contributed by atoms with van der Waals surface area (Å²) < 4.78 is 32.9. The van der Waals surface area contributed by atoms with Crippen LogP contribution < -0.4 is 15.1 Å². The van der Waals surface area contributed by atoms with E-state index in [2.05, 4.69) is 15.9 Å². The highest BCUT2D eigenvalue weighted by molar-refractivity contribution is 9.10. The Morgan fingerprint density at radius 1 is 0.926 bits per heavy atom. The molecule has 0 atom stereocenters. The highest BCUT2D eigenvalue weighted by Gasteiger charge is 2.18. The molecule has 140 valence electrons. The molecular weight excluding hydrogens is 420 g/mol. The quantitative estimate of drug-likeness (QED) is 0.328. The Bertz CT molecular complexity index is 1190. The zero-order valence-electron chi connectivity index (χ0n) is 14.5. The number of rotatable bonds is 6. The molecule has 0 fully saturated rings. The lowest BCUT2D eigenvalue weighted by Crippen LogP contribution is -2.01. The topological polar surface area (TPSA) is 80.3 Å². The third-order valence-corrected chi connectivity index (χ3v) is 4.64. The van der Waals surface area contributed by atoms with Gasteiger partial charge in [0.1, 0.15) is 28.1 Å². The molecule has 8 heteroatoms. The third kappa shape index (κ3) is 3.16. The molecular formula is C19H15BrO7. The maximum Gasteiger partial charge on any atom is 0.348 e. The molecule has 2 aromatic carbocycles. The van der Waals surface area contributed by atoms with Gasteiger partial charge in [-0.25, -0.2) is 4.79 Å². The first kappa shape index (κ1) is 17.8. The average molecular weight is 435 g/mol. The predicted octanol–water partition coefficient (Wildman–Crippen LogP) is 4.42. The Hall–Kier alpha value is -2.55. The van der Waals surface area contributed by atoms with Crippen LogP contribution in [0.3, 0.4) is 0 Å². The average Bonchev–Trinajstić information content (AvgIpc) is 3.05. The molecule has 0 N–H and O–H groups in total. The van der Waals surface area contributed by atoms with Crippen molar-refractivity contribution in [2.24, 2.45) is 0 Å². The molecule has 2 heterocycles. The molecule has 0 spiro atoms. The lowest BCUT2D eigenvalue weighted by molar-refractivity contribution is 0.0506. The van der Waals surface area contributed by atoms with Gasteiger partial charge in [-0.2, -0.15) is 0 Å². The van der Waals surface area contributed by atoms with Crippen LogP contribution in [0.1, 0.15) is 0 Å². The first-order chi connectivity index (χ1) is 13.1. The zero-order chi connectivity index (χ0) is 19.0. The maximum atomic E-state index is 12.6. The summed E-state index contributed by atoms with van der Waals surface area (Å²) in [5.41, 5.74) is 0.840. The van der Waals surface area contributed by atoms with Gasteiger partial charge in [-0.05, 0) is 34.1 Å². The van der Waals surface area contributed by atoms with Gasteiger partial charge < -0.3 is 27.8 Å². The van der Waals surface area contributed by atoms with Crippen molar-refractivity contribution in [1.29, 1.82) is 0 Å². The number of benzene rings is 2. The van der Waals surface area contributed by atoms with Crippen LogP contribution in [0, 0.1) is 0 Å². The fourth-order valence-corrected chi connectivity index (χ4v) is 3.32. The lowest BCUT2D eigenvalue weighted by Gasteiger charge is -2.08. The van der Waals surface area contributed by atoms with E-state index in [1.807, 2.05) is 0 Å². The van der Waals surface area contributed by atoms with Gasteiger partial charge >= 0.3 is 5.63 Å². The van der Waals surface area contributed by atoms with E-state index in [9.17, 15) is 4.79 Å². The molecule has 0 unspecified atom stereocenters. The predicted molar refractivity (Wildman–Crippen MR) is 102 cm³/mol. The summed E-state index contributed by atoms with van der Waals surface area (Å²) in [5, 5.41) is 1.69. The van der Waals surface area contributed by atoms with Crippen molar-refractivity contribution in [1.82, 2.24) is 0 Å². The molecule has 0 saturated heterocycles. The van der Waals surface area contributed by atoms with E-state index in [0.717, 1.165) is 0 Å². The summed E-state index contributed by atoms with van der Waals surface area (Å²) >= 11 is 3.46. The van der Waals surface area contributed by atoms with Crippen molar-refractivity contribution in [2.75, 3.05) is 27.8 Å². The van der Waals surface area contributed by atoms with Crippen LogP contribution in [0.5, 0.6) is 11.5 Å². The molecule has 7 nitrogen and oxygen atoms in total. The molecule has 0 saturated carbocycles. The van der Waals surface area contributed by atoms with E-state index in [1.54, 1.807) is 37.4 Å². The first-order valence-corrected chi connectivity index (χ1v) is 8.77. The molecule has 4 aromatic rings. The van der Waals surface area contributed by atoms with E-state index < -0.39 is 5.63 Å². The van der Waals surface area contributed by atoms with Crippen LogP contribution in [0.4, 0.5) is 0 Å². The molecule has 0 aliphatic heterocycles. The number of hydrogen-bond acceptors (Lipinski definition) is 7. The Labute approximate surface area is 161 Å². The van der Waals surface area contributed by atoms with Crippen molar-refractivity contribution >= 4 is 48.8 Å². The van der Waals surface area contributed by atoms with Crippen LogP contribution in [-0.2, 0) is 9.47 Å². The van der Waals surface area contributed by atoms with E-state index in [4.69, 9.17) is 27.8 Å². The standard InChI is InChI=1S/C19H15BrO7/c1-22-8-24-10-3-4-11-14(5-10)26-18-12-6-13(20)16(25-9-23-2)7-15(12)27-19(21)17(11)18/h3-7H,8-9H2,1-2H3. The molecule has 0 radical (unpaired) electrons. The number of halogens is 1. The van der Waals surface area contributed by atoms with Crippen molar-refractivity contribution in [3.05, 3.63) is 45.2 Å². The van der Waals surface area contributed by atoms with E-state index >= 15 is 0 Å². The molecule has 4 rings (SSSR count). The fraction of sp³-hybridized carbons (Fsp3) is 0.211. The van der Waals surface area contributed by atoms with Crippen molar-refractivity contribution in [2.45, 2.75) is 0 Å². The van der Waals surface area contributed by atoms with Gasteiger partial charge in [0.25, 0.3) is 0 Å². The normalized spacial score (nSPS) is 11.5. The smallest absolute Gasteiger partial charge is 0.348 e.